The number of carbonyl (C=O) groups is 2. The second-order valence-electron chi connectivity index (χ2n) is 7.39. The van der Waals surface area contributed by atoms with Gasteiger partial charge in [0.05, 0.1) is 23.8 Å². The molecule has 0 aromatic heterocycles. The van der Waals surface area contributed by atoms with Gasteiger partial charge >= 0.3 is 0 Å². The van der Waals surface area contributed by atoms with Crippen molar-refractivity contribution in [2.45, 2.75) is 44.2 Å². The van der Waals surface area contributed by atoms with Crippen LogP contribution in [0.4, 0.5) is 0 Å². The van der Waals surface area contributed by atoms with Crippen molar-refractivity contribution in [2.75, 3.05) is 0 Å². The summed E-state index contributed by atoms with van der Waals surface area (Å²) < 4.78 is 10.8. The second-order valence-corrected chi connectivity index (χ2v) is 7.39. The molecule has 9 heteroatoms. The molecule has 0 saturated carbocycles. The zero-order valence-corrected chi connectivity index (χ0v) is 15.8. The average molecular weight is 416 g/mol. The molecule has 0 unspecified atom stereocenters. The lowest BCUT2D eigenvalue weighted by Gasteiger charge is -2.38. The summed E-state index contributed by atoms with van der Waals surface area (Å²) in [7, 11) is 0. The van der Waals surface area contributed by atoms with Crippen LogP contribution in [0.3, 0.4) is 0 Å². The third-order valence-electron chi connectivity index (χ3n) is 5.39. The smallest absolute Gasteiger partial charge is 0.201 e. The minimum Gasteiger partial charge on any atom is -0.507 e. The molecule has 1 saturated heterocycles. The van der Waals surface area contributed by atoms with Crippen molar-refractivity contribution in [3.63, 3.8) is 0 Å². The van der Waals surface area contributed by atoms with Crippen molar-refractivity contribution in [1.29, 1.82) is 0 Å². The summed E-state index contributed by atoms with van der Waals surface area (Å²) in [6.07, 6.45) is -6.26. The van der Waals surface area contributed by atoms with Crippen molar-refractivity contribution < 1.29 is 44.6 Å². The van der Waals surface area contributed by atoms with E-state index in [0.717, 1.165) is 0 Å². The fourth-order valence-electron chi connectivity index (χ4n) is 3.75. The lowest BCUT2D eigenvalue weighted by atomic mass is 9.82. The molecule has 2 aromatic rings. The zero-order valence-electron chi connectivity index (χ0n) is 15.8. The van der Waals surface area contributed by atoms with E-state index in [1.165, 1.54) is 37.3 Å². The van der Waals surface area contributed by atoms with E-state index in [0.29, 0.717) is 5.56 Å². The van der Waals surface area contributed by atoms with Gasteiger partial charge in [-0.05, 0) is 30.7 Å². The molecule has 0 radical (unpaired) electrons. The van der Waals surface area contributed by atoms with Gasteiger partial charge in [-0.25, -0.2) is 0 Å². The summed E-state index contributed by atoms with van der Waals surface area (Å²) >= 11 is 0. The normalized spacial score (nSPS) is 28.2. The molecule has 1 heterocycles. The highest BCUT2D eigenvalue weighted by molar-refractivity contribution is 6.30. The molecule has 1 aliphatic heterocycles. The summed E-state index contributed by atoms with van der Waals surface area (Å²) in [6.45, 7) is 1.30. The predicted molar refractivity (Wildman–Crippen MR) is 100 cm³/mol. The summed E-state index contributed by atoms with van der Waals surface area (Å²) in [5, 5.41) is 50.0. The maximum atomic E-state index is 12.8. The Morgan fingerprint density at radius 2 is 1.60 bits per heavy atom. The number of fused-ring (bicyclic) bond motifs is 2. The molecule has 0 amide bonds. The minimum atomic E-state index is -1.50. The molecule has 2 aliphatic rings. The molecule has 0 bridgehead atoms. The lowest BCUT2D eigenvalue weighted by molar-refractivity contribution is -0.296. The average Bonchev–Trinajstić information content (AvgIpc) is 2.71. The summed E-state index contributed by atoms with van der Waals surface area (Å²) in [5.74, 6) is -2.00. The van der Waals surface area contributed by atoms with Crippen molar-refractivity contribution in [1.82, 2.24) is 0 Å². The van der Waals surface area contributed by atoms with Gasteiger partial charge in [0.15, 0.2) is 12.1 Å². The fraction of sp³-hybridized carbons (Fsp3) is 0.333. The van der Waals surface area contributed by atoms with Crippen LogP contribution in [-0.4, -0.2) is 67.8 Å². The van der Waals surface area contributed by atoms with Gasteiger partial charge in [0.2, 0.25) is 5.78 Å². The first kappa shape index (κ1) is 20.5. The van der Waals surface area contributed by atoms with Gasteiger partial charge in [-0.15, -0.1) is 0 Å². The van der Waals surface area contributed by atoms with Gasteiger partial charge in [0.25, 0.3) is 0 Å². The topological polar surface area (TPSA) is 154 Å². The van der Waals surface area contributed by atoms with Crippen LogP contribution in [0.15, 0.2) is 30.3 Å². The molecular weight excluding hydrogens is 396 g/mol. The number of phenols is 2. The highest BCUT2D eigenvalue weighted by Gasteiger charge is 2.42. The highest BCUT2D eigenvalue weighted by atomic mass is 16.7. The number of ether oxygens (including phenoxy) is 2. The number of aromatic hydroxyl groups is 2. The highest BCUT2D eigenvalue weighted by Crippen LogP contribution is 2.37. The number of aliphatic hydroxyl groups excluding tert-OH is 3. The van der Waals surface area contributed by atoms with Gasteiger partial charge in [-0.2, -0.15) is 0 Å². The summed E-state index contributed by atoms with van der Waals surface area (Å²) in [4.78, 5) is 25.6. The molecule has 158 valence electrons. The van der Waals surface area contributed by atoms with Crippen LogP contribution >= 0.6 is 0 Å². The van der Waals surface area contributed by atoms with E-state index < -0.39 is 48.0 Å². The number of benzene rings is 2. The Kier molecular flexibility index (Phi) is 5.08. The summed E-state index contributed by atoms with van der Waals surface area (Å²) in [6, 6.07) is 6.76. The molecule has 1 aliphatic carbocycles. The number of carbonyl (C=O) groups excluding carboxylic acids is 2. The number of hydrogen-bond acceptors (Lipinski definition) is 9. The van der Waals surface area contributed by atoms with Crippen LogP contribution in [0, 0.1) is 0 Å². The van der Waals surface area contributed by atoms with Gasteiger partial charge in [-0.1, -0.05) is 12.1 Å². The van der Waals surface area contributed by atoms with Gasteiger partial charge in [-0.3, -0.25) is 9.59 Å². The third kappa shape index (κ3) is 3.17. The SMILES string of the molecule is C[C@H]1O[C@H](OCc2cc(O)c3c(c2)C(=O)c2cccc(O)c2C3=O)[C@@H](O)[C@@H](O)[C@@H]1O. The Morgan fingerprint density at radius 1 is 0.900 bits per heavy atom. The van der Waals surface area contributed by atoms with E-state index in [-0.39, 0.29) is 34.6 Å². The first-order valence-electron chi connectivity index (χ1n) is 9.29. The molecule has 9 nitrogen and oxygen atoms in total. The van der Waals surface area contributed by atoms with E-state index in [2.05, 4.69) is 0 Å². The zero-order chi connectivity index (χ0) is 21.7. The maximum Gasteiger partial charge on any atom is 0.201 e. The van der Waals surface area contributed by atoms with Crippen molar-refractivity contribution in [2.24, 2.45) is 0 Å². The van der Waals surface area contributed by atoms with E-state index in [1.807, 2.05) is 0 Å². The van der Waals surface area contributed by atoms with Crippen molar-refractivity contribution >= 4 is 11.6 Å². The standard InChI is InChI=1S/C21H20O9/c1-8-16(24)19(27)20(28)21(30-8)29-7-9-5-11-15(13(23)6-9)18(26)14-10(17(11)25)3-2-4-12(14)22/h2-6,8,16,19-24,27-28H,7H2,1H3/t8-,16-,19+,20+,21+/m1/s1. The Bertz CT molecular complexity index is 1030. The van der Waals surface area contributed by atoms with Crippen LogP contribution in [0.5, 0.6) is 11.5 Å². The quantitative estimate of drug-likeness (QED) is 0.403. The van der Waals surface area contributed by atoms with E-state index in [1.54, 1.807) is 0 Å². The van der Waals surface area contributed by atoms with Crippen molar-refractivity contribution in [3.05, 3.63) is 58.1 Å². The molecule has 4 rings (SSSR count). The Balaban J connectivity index is 1.61. The number of rotatable bonds is 3. The number of ketones is 2. The molecule has 0 spiro atoms. The van der Waals surface area contributed by atoms with Crippen LogP contribution in [-0.2, 0) is 16.1 Å². The molecule has 30 heavy (non-hydrogen) atoms. The van der Waals surface area contributed by atoms with E-state index >= 15 is 0 Å². The molecule has 5 N–H and O–H groups in total. The van der Waals surface area contributed by atoms with Gasteiger partial charge in [0.1, 0.15) is 29.8 Å². The van der Waals surface area contributed by atoms with Crippen LogP contribution in [0.1, 0.15) is 44.3 Å². The predicted octanol–water partition coefficient (Wildman–Crippen LogP) is 0.217. The van der Waals surface area contributed by atoms with Crippen LogP contribution in [0.2, 0.25) is 0 Å². The van der Waals surface area contributed by atoms with E-state index in [9.17, 15) is 35.1 Å². The number of hydrogen-bond donors (Lipinski definition) is 5. The largest absolute Gasteiger partial charge is 0.507 e. The van der Waals surface area contributed by atoms with Gasteiger partial charge in [0, 0.05) is 11.1 Å². The Hall–Kier alpha value is -2.82. The minimum absolute atomic E-state index is 0.0296. The molecule has 1 fully saturated rings. The maximum absolute atomic E-state index is 12.8. The summed E-state index contributed by atoms with van der Waals surface area (Å²) in [5.41, 5.74) is -0.0546. The Morgan fingerprint density at radius 3 is 2.33 bits per heavy atom. The lowest BCUT2D eigenvalue weighted by Crippen LogP contribution is -2.57. The van der Waals surface area contributed by atoms with Crippen LogP contribution < -0.4 is 0 Å². The molecule has 5 atom stereocenters. The number of aliphatic hydroxyl groups is 3. The van der Waals surface area contributed by atoms with E-state index in [4.69, 9.17) is 9.47 Å². The Labute approximate surface area is 170 Å². The fourth-order valence-corrected chi connectivity index (χ4v) is 3.75. The first-order valence-corrected chi connectivity index (χ1v) is 9.29. The third-order valence-corrected chi connectivity index (χ3v) is 5.39. The van der Waals surface area contributed by atoms with Gasteiger partial charge < -0.3 is 35.0 Å². The van der Waals surface area contributed by atoms with Crippen molar-refractivity contribution in [3.8, 4) is 11.5 Å². The number of phenolic OH excluding ortho intramolecular Hbond substituents is 2. The van der Waals surface area contributed by atoms with Crippen LogP contribution in [0.25, 0.3) is 0 Å². The first-order chi connectivity index (χ1) is 14.2. The molecule has 2 aromatic carbocycles. The monoisotopic (exact) mass is 416 g/mol. The second kappa shape index (κ2) is 7.46. The molecular formula is C21H20O9.